The van der Waals surface area contributed by atoms with Crippen molar-refractivity contribution >= 4 is 10.0 Å². The summed E-state index contributed by atoms with van der Waals surface area (Å²) in [6.07, 6.45) is 5.46. The van der Waals surface area contributed by atoms with Gasteiger partial charge in [0.05, 0.1) is 5.75 Å². The van der Waals surface area contributed by atoms with Gasteiger partial charge in [-0.2, -0.15) is 0 Å². The molecule has 0 aliphatic heterocycles. The lowest BCUT2D eigenvalue weighted by molar-refractivity contribution is 0.297. The third-order valence-electron chi connectivity index (χ3n) is 4.91. The average Bonchev–Trinajstić information content (AvgIpc) is 2.46. The van der Waals surface area contributed by atoms with Gasteiger partial charge in [-0.1, -0.05) is 50.5 Å². The van der Waals surface area contributed by atoms with Crippen LogP contribution in [-0.2, 0) is 16.4 Å². The van der Waals surface area contributed by atoms with Gasteiger partial charge in [-0.25, -0.2) is 13.1 Å². The zero-order valence-corrected chi connectivity index (χ0v) is 15.4. The summed E-state index contributed by atoms with van der Waals surface area (Å²) < 4.78 is 27.2. The number of hydrogen-bond donors (Lipinski definition) is 1. The molecule has 4 nitrogen and oxygen atoms in total. The van der Waals surface area contributed by atoms with Crippen LogP contribution in [0.25, 0.3) is 0 Å². The van der Waals surface area contributed by atoms with Gasteiger partial charge in [-0.3, -0.25) is 0 Å². The molecule has 130 valence electrons. The highest BCUT2D eigenvalue weighted by molar-refractivity contribution is 7.89. The Kier molecular flexibility index (Phi) is 6.62. The van der Waals surface area contributed by atoms with E-state index in [1.807, 2.05) is 14.1 Å². The van der Waals surface area contributed by atoms with E-state index in [0.29, 0.717) is 12.5 Å². The molecular weight excluding hydrogens is 308 g/mol. The highest BCUT2D eigenvalue weighted by Crippen LogP contribution is 2.29. The average molecular weight is 339 g/mol. The lowest BCUT2D eigenvalue weighted by Crippen LogP contribution is -2.36. The van der Waals surface area contributed by atoms with E-state index in [1.165, 1.54) is 24.8 Å². The highest BCUT2D eigenvalue weighted by atomic mass is 32.2. The molecule has 5 heteroatoms. The largest absolute Gasteiger partial charge is 0.301 e. The SMILES string of the molecule is CCc1ccc([C@@H](CNS(=O)(=O)CCC2CCC2)N(C)C)cc1. The van der Waals surface area contributed by atoms with Gasteiger partial charge in [0, 0.05) is 12.6 Å². The molecule has 0 unspecified atom stereocenters. The topological polar surface area (TPSA) is 49.4 Å². The Hall–Kier alpha value is -0.910. The molecule has 0 bridgehead atoms. The molecule has 1 aromatic carbocycles. The second-order valence-corrected chi connectivity index (χ2v) is 8.75. The lowest BCUT2D eigenvalue weighted by atomic mass is 9.84. The number of sulfonamides is 1. The van der Waals surface area contributed by atoms with Gasteiger partial charge in [-0.05, 0) is 44.0 Å². The molecule has 1 N–H and O–H groups in total. The number of benzene rings is 1. The lowest BCUT2D eigenvalue weighted by Gasteiger charge is -2.27. The molecule has 1 fully saturated rings. The molecule has 0 heterocycles. The zero-order chi connectivity index (χ0) is 16.9. The minimum atomic E-state index is -3.18. The Bertz CT molecular complexity index is 578. The molecule has 1 atom stereocenters. The van der Waals surface area contributed by atoms with Crippen molar-refractivity contribution in [2.45, 2.75) is 45.1 Å². The van der Waals surface area contributed by atoms with Gasteiger partial charge in [0.25, 0.3) is 0 Å². The molecule has 2 rings (SSSR count). The fourth-order valence-corrected chi connectivity index (χ4v) is 4.16. The maximum absolute atomic E-state index is 12.2. The van der Waals surface area contributed by atoms with E-state index >= 15 is 0 Å². The van der Waals surface area contributed by atoms with Crippen molar-refractivity contribution in [2.24, 2.45) is 5.92 Å². The van der Waals surface area contributed by atoms with Crippen LogP contribution in [0.3, 0.4) is 0 Å². The first-order chi connectivity index (χ1) is 10.9. The fourth-order valence-electron chi connectivity index (χ4n) is 2.96. The second-order valence-electron chi connectivity index (χ2n) is 6.83. The van der Waals surface area contributed by atoms with Crippen LogP contribution in [-0.4, -0.2) is 39.7 Å². The molecule has 0 saturated heterocycles. The number of hydrogen-bond acceptors (Lipinski definition) is 3. The standard InChI is InChI=1S/C18H30N2O2S/c1-4-15-8-10-17(11-9-15)18(20(2)3)14-19-23(21,22)13-12-16-6-5-7-16/h8-11,16,18-19H,4-7,12-14H2,1-3H3/t18-/m1/s1. The summed E-state index contributed by atoms with van der Waals surface area (Å²) in [5.74, 6) is 0.880. The van der Waals surface area contributed by atoms with Crippen LogP contribution < -0.4 is 4.72 Å². The van der Waals surface area contributed by atoms with Crippen molar-refractivity contribution in [2.75, 3.05) is 26.4 Å². The van der Waals surface area contributed by atoms with E-state index in [1.54, 1.807) is 0 Å². The maximum atomic E-state index is 12.2. The summed E-state index contributed by atoms with van der Waals surface area (Å²) in [5, 5.41) is 0. The van der Waals surface area contributed by atoms with Crippen molar-refractivity contribution in [3.63, 3.8) is 0 Å². The van der Waals surface area contributed by atoms with Gasteiger partial charge in [0.1, 0.15) is 0 Å². The normalized spacial score (nSPS) is 17.2. The molecule has 0 radical (unpaired) electrons. The van der Waals surface area contributed by atoms with Crippen molar-refractivity contribution < 1.29 is 8.42 Å². The predicted molar refractivity (Wildman–Crippen MR) is 96.0 cm³/mol. The number of likely N-dealkylation sites (N-methyl/N-ethyl adjacent to an activating group) is 1. The zero-order valence-electron chi connectivity index (χ0n) is 14.6. The van der Waals surface area contributed by atoms with Crippen LogP contribution in [0, 0.1) is 5.92 Å². The van der Waals surface area contributed by atoms with Crippen LogP contribution in [0.2, 0.25) is 0 Å². The van der Waals surface area contributed by atoms with Gasteiger partial charge in [-0.15, -0.1) is 0 Å². The van der Waals surface area contributed by atoms with Crippen molar-refractivity contribution in [3.8, 4) is 0 Å². The maximum Gasteiger partial charge on any atom is 0.211 e. The van der Waals surface area contributed by atoms with Gasteiger partial charge in [0.15, 0.2) is 0 Å². The minimum Gasteiger partial charge on any atom is -0.301 e. The van der Waals surface area contributed by atoms with E-state index in [4.69, 9.17) is 0 Å². The number of nitrogens with zero attached hydrogens (tertiary/aromatic N) is 1. The summed E-state index contributed by atoms with van der Waals surface area (Å²) in [5.41, 5.74) is 2.45. The molecule has 1 aliphatic rings. The number of rotatable bonds is 9. The van der Waals surface area contributed by atoms with E-state index in [0.717, 1.165) is 18.4 Å². The van der Waals surface area contributed by atoms with Crippen LogP contribution in [0.15, 0.2) is 24.3 Å². The van der Waals surface area contributed by atoms with Gasteiger partial charge >= 0.3 is 0 Å². The Morgan fingerprint density at radius 2 is 1.87 bits per heavy atom. The van der Waals surface area contributed by atoms with E-state index in [-0.39, 0.29) is 11.8 Å². The minimum absolute atomic E-state index is 0.0550. The third kappa shape index (κ3) is 5.59. The Morgan fingerprint density at radius 1 is 1.22 bits per heavy atom. The smallest absolute Gasteiger partial charge is 0.211 e. The van der Waals surface area contributed by atoms with Crippen LogP contribution >= 0.6 is 0 Å². The van der Waals surface area contributed by atoms with E-state index < -0.39 is 10.0 Å². The van der Waals surface area contributed by atoms with Crippen LogP contribution in [0.4, 0.5) is 0 Å². The van der Waals surface area contributed by atoms with E-state index in [9.17, 15) is 8.42 Å². The second kappa shape index (κ2) is 8.27. The summed E-state index contributed by atoms with van der Waals surface area (Å²) in [6.45, 7) is 2.56. The molecular formula is C18H30N2O2S. The first-order valence-electron chi connectivity index (χ1n) is 8.64. The Labute approximate surface area is 141 Å². The monoisotopic (exact) mass is 338 g/mol. The number of aryl methyl sites for hydroxylation is 1. The first kappa shape index (κ1) is 18.4. The first-order valence-corrected chi connectivity index (χ1v) is 10.3. The highest BCUT2D eigenvalue weighted by Gasteiger charge is 2.22. The van der Waals surface area contributed by atoms with Crippen molar-refractivity contribution in [1.82, 2.24) is 9.62 Å². The van der Waals surface area contributed by atoms with Crippen molar-refractivity contribution in [1.29, 1.82) is 0 Å². The summed E-state index contributed by atoms with van der Waals surface area (Å²) in [4.78, 5) is 2.06. The molecule has 0 aromatic heterocycles. The third-order valence-corrected chi connectivity index (χ3v) is 6.29. The van der Waals surface area contributed by atoms with Crippen LogP contribution in [0.1, 0.15) is 49.8 Å². The molecule has 0 spiro atoms. The quantitative estimate of drug-likeness (QED) is 0.753. The summed E-state index contributed by atoms with van der Waals surface area (Å²) in [6, 6.07) is 8.51. The fraction of sp³-hybridized carbons (Fsp3) is 0.667. The molecule has 0 amide bonds. The Balaban J connectivity index is 1.92. The predicted octanol–water partition coefficient (Wildman–Crippen LogP) is 2.96. The molecule has 23 heavy (non-hydrogen) atoms. The van der Waals surface area contributed by atoms with Crippen molar-refractivity contribution in [3.05, 3.63) is 35.4 Å². The van der Waals surface area contributed by atoms with Gasteiger partial charge < -0.3 is 4.90 Å². The molecule has 1 aromatic rings. The summed E-state index contributed by atoms with van der Waals surface area (Å²) >= 11 is 0. The number of nitrogens with one attached hydrogen (secondary N) is 1. The molecule has 1 saturated carbocycles. The van der Waals surface area contributed by atoms with Gasteiger partial charge in [0.2, 0.25) is 10.0 Å². The Morgan fingerprint density at radius 3 is 2.35 bits per heavy atom. The summed E-state index contributed by atoms with van der Waals surface area (Å²) in [7, 11) is 0.795. The van der Waals surface area contributed by atoms with E-state index in [2.05, 4.69) is 40.8 Å². The van der Waals surface area contributed by atoms with Crippen LogP contribution in [0.5, 0.6) is 0 Å². The molecule has 1 aliphatic carbocycles.